The zero-order valence-corrected chi connectivity index (χ0v) is 12.3. The molecule has 0 saturated heterocycles. The van der Waals surface area contributed by atoms with Crippen LogP contribution in [0.4, 0.5) is 8.78 Å². The van der Waals surface area contributed by atoms with Gasteiger partial charge < -0.3 is 10.0 Å². The van der Waals surface area contributed by atoms with Crippen molar-refractivity contribution in [3.63, 3.8) is 0 Å². The largest absolute Gasteiger partial charge is 0.387 e. The summed E-state index contributed by atoms with van der Waals surface area (Å²) in [4.78, 5) is 1.03. The molecular weight excluding hydrogens is 290 g/mol. The average Bonchev–Trinajstić information content (AvgIpc) is 2.24. The lowest BCUT2D eigenvalue weighted by molar-refractivity contribution is 0.0386. The van der Waals surface area contributed by atoms with Crippen molar-refractivity contribution in [3.8, 4) is 0 Å². The van der Waals surface area contributed by atoms with Crippen molar-refractivity contribution in [1.82, 2.24) is 9.62 Å². The number of rotatable bonds is 6. The first-order valence-corrected chi connectivity index (χ1v) is 7.34. The van der Waals surface area contributed by atoms with E-state index in [9.17, 15) is 22.3 Å². The van der Waals surface area contributed by atoms with Gasteiger partial charge >= 0.3 is 0 Å². The van der Waals surface area contributed by atoms with Crippen LogP contribution in [-0.2, 0) is 10.0 Å². The van der Waals surface area contributed by atoms with Gasteiger partial charge in [0.05, 0.1) is 5.60 Å². The first kappa shape index (κ1) is 17.0. The molecule has 5 nitrogen and oxygen atoms in total. The average molecular weight is 308 g/mol. The lowest BCUT2D eigenvalue weighted by Gasteiger charge is -2.27. The summed E-state index contributed by atoms with van der Waals surface area (Å²) >= 11 is 0. The predicted molar refractivity (Wildman–Crippen MR) is 70.7 cm³/mol. The van der Waals surface area contributed by atoms with Crippen molar-refractivity contribution in [2.75, 3.05) is 27.2 Å². The Hall–Kier alpha value is -1.09. The molecule has 0 aliphatic heterocycles. The van der Waals surface area contributed by atoms with Crippen LogP contribution in [0.5, 0.6) is 0 Å². The van der Waals surface area contributed by atoms with Crippen molar-refractivity contribution in [2.24, 2.45) is 0 Å². The standard InChI is InChI=1S/C12H18F2N2O3S/c1-12(17,8-16(2)3)7-15-20(18,19)11-5-4-9(13)6-10(11)14/h4-6,15,17H,7-8H2,1-3H3. The van der Waals surface area contributed by atoms with E-state index in [2.05, 4.69) is 4.72 Å². The molecule has 8 heteroatoms. The van der Waals surface area contributed by atoms with Crippen LogP contribution in [-0.4, -0.2) is 51.2 Å². The number of halogens is 2. The molecule has 1 aromatic rings. The Morgan fingerprint density at radius 3 is 2.45 bits per heavy atom. The van der Waals surface area contributed by atoms with Crippen molar-refractivity contribution < 1.29 is 22.3 Å². The predicted octanol–water partition coefficient (Wildman–Crippen LogP) is 0.556. The van der Waals surface area contributed by atoms with Crippen LogP contribution >= 0.6 is 0 Å². The fraction of sp³-hybridized carbons (Fsp3) is 0.500. The third kappa shape index (κ3) is 4.78. The second-order valence-corrected chi connectivity index (χ2v) is 6.87. The molecule has 0 amide bonds. The van der Waals surface area contributed by atoms with Gasteiger partial charge in [-0.3, -0.25) is 0 Å². The van der Waals surface area contributed by atoms with Gasteiger partial charge in [-0.25, -0.2) is 21.9 Å². The number of nitrogens with zero attached hydrogens (tertiary/aromatic N) is 1. The molecule has 0 radical (unpaired) electrons. The molecule has 1 rings (SSSR count). The first-order chi connectivity index (χ1) is 9.03. The van der Waals surface area contributed by atoms with Crippen molar-refractivity contribution in [2.45, 2.75) is 17.4 Å². The second-order valence-electron chi connectivity index (χ2n) is 5.13. The quantitative estimate of drug-likeness (QED) is 0.805. The van der Waals surface area contributed by atoms with E-state index in [-0.39, 0.29) is 13.1 Å². The highest BCUT2D eigenvalue weighted by molar-refractivity contribution is 7.89. The molecule has 1 aromatic carbocycles. The monoisotopic (exact) mass is 308 g/mol. The van der Waals surface area contributed by atoms with Gasteiger partial charge in [0.2, 0.25) is 10.0 Å². The van der Waals surface area contributed by atoms with Gasteiger partial charge in [-0.1, -0.05) is 0 Å². The zero-order valence-electron chi connectivity index (χ0n) is 11.5. The van der Waals surface area contributed by atoms with Crippen LogP contribution in [0, 0.1) is 11.6 Å². The fourth-order valence-corrected chi connectivity index (χ4v) is 2.98. The van der Waals surface area contributed by atoms with E-state index in [1.807, 2.05) is 0 Å². The molecule has 20 heavy (non-hydrogen) atoms. The molecule has 0 heterocycles. The molecule has 0 saturated carbocycles. The van der Waals surface area contributed by atoms with Gasteiger partial charge in [-0.2, -0.15) is 0 Å². The Morgan fingerprint density at radius 2 is 1.95 bits per heavy atom. The molecule has 114 valence electrons. The minimum atomic E-state index is -4.15. The summed E-state index contributed by atoms with van der Waals surface area (Å²) in [7, 11) is -0.697. The summed E-state index contributed by atoms with van der Waals surface area (Å²) in [6.07, 6.45) is 0. The molecule has 1 unspecified atom stereocenters. The second kappa shape index (κ2) is 6.13. The Morgan fingerprint density at radius 1 is 1.35 bits per heavy atom. The highest BCUT2D eigenvalue weighted by Crippen LogP contribution is 2.16. The van der Waals surface area contributed by atoms with Crippen molar-refractivity contribution in [1.29, 1.82) is 0 Å². The van der Waals surface area contributed by atoms with Crippen LogP contribution in [0.1, 0.15) is 6.92 Å². The molecule has 2 N–H and O–H groups in total. The summed E-state index contributed by atoms with van der Waals surface area (Å²) < 4.78 is 52.1. The molecule has 0 aromatic heterocycles. The van der Waals surface area contributed by atoms with Crippen LogP contribution in [0.15, 0.2) is 23.1 Å². The van der Waals surface area contributed by atoms with Crippen LogP contribution in [0.3, 0.4) is 0 Å². The van der Waals surface area contributed by atoms with Gasteiger partial charge in [0.15, 0.2) is 0 Å². The lowest BCUT2D eigenvalue weighted by atomic mass is 10.1. The Labute approximate surface area is 117 Å². The molecule has 0 spiro atoms. The molecule has 0 fully saturated rings. The summed E-state index contributed by atoms with van der Waals surface area (Å²) in [5, 5.41) is 9.99. The molecule has 1 atom stereocenters. The van der Waals surface area contributed by atoms with E-state index < -0.39 is 32.2 Å². The first-order valence-electron chi connectivity index (χ1n) is 5.85. The Bertz CT molecular complexity index is 574. The molecule has 0 aliphatic rings. The third-order valence-electron chi connectivity index (χ3n) is 2.48. The van der Waals surface area contributed by atoms with E-state index in [0.29, 0.717) is 6.07 Å². The summed E-state index contributed by atoms with van der Waals surface area (Å²) in [5.74, 6) is -2.04. The smallest absolute Gasteiger partial charge is 0.243 e. The summed E-state index contributed by atoms with van der Waals surface area (Å²) in [6.45, 7) is 1.39. The van der Waals surface area contributed by atoms with E-state index in [0.717, 1.165) is 12.1 Å². The minimum absolute atomic E-state index is 0.224. The summed E-state index contributed by atoms with van der Waals surface area (Å²) in [6, 6.07) is 2.19. The highest BCUT2D eigenvalue weighted by atomic mass is 32.2. The maximum absolute atomic E-state index is 13.4. The maximum Gasteiger partial charge on any atom is 0.243 e. The molecule has 0 bridgehead atoms. The number of hydrogen-bond donors (Lipinski definition) is 2. The topological polar surface area (TPSA) is 69.6 Å². The Kier molecular flexibility index (Phi) is 5.20. The van der Waals surface area contributed by atoms with Gasteiger partial charge in [0.25, 0.3) is 0 Å². The molecular formula is C12H18F2N2O3S. The number of benzene rings is 1. The minimum Gasteiger partial charge on any atom is -0.387 e. The van der Waals surface area contributed by atoms with Crippen LogP contribution < -0.4 is 4.72 Å². The fourth-order valence-electron chi connectivity index (χ4n) is 1.76. The Balaban J connectivity index is 2.85. The number of sulfonamides is 1. The van der Waals surface area contributed by atoms with Crippen LogP contribution in [0.25, 0.3) is 0 Å². The van der Waals surface area contributed by atoms with E-state index in [4.69, 9.17) is 0 Å². The van der Waals surface area contributed by atoms with Gasteiger partial charge in [-0.15, -0.1) is 0 Å². The van der Waals surface area contributed by atoms with Crippen molar-refractivity contribution in [3.05, 3.63) is 29.8 Å². The summed E-state index contributed by atoms with van der Waals surface area (Å²) in [5.41, 5.74) is -1.31. The van der Waals surface area contributed by atoms with Gasteiger partial charge in [0, 0.05) is 19.2 Å². The van der Waals surface area contributed by atoms with E-state index in [1.54, 1.807) is 19.0 Å². The normalized spacial score (nSPS) is 15.3. The van der Waals surface area contributed by atoms with E-state index in [1.165, 1.54) is 6.92 Å². The lowest BCUT2D eigenvalue weighted by Crippen LogP contribution is -2.47. The van der Waals surface area contributed by atoms with E-state index >= 15 is 0 Å². The molecule has 0 aliphatic carbocycles. The van der Waals surface area contributed by atoms with Gasteiger partial charge in [0.1, 0.15) is 16.5 Å². The number of nitrogens with one attached hydrogen (secondary N) is 1. The number of likely N-dealkylation sites (N-methyl/N-ethyl adjacent to an activating group) is 1. The van der Waals surface area contributed by atoms with Crippen LogP contribution in [0.2, 0.25) is 0 Å². The maximum atomic E-state index is 13.4. The number of aliphatic hydroxyl groups is 1. The highest BCUT2D eigenvalue weighted by Gasteiger charge is 2.26. The SMILES string of the molecule is CN(C)CC(C)(O)CNS(=O)(=O)c1ccc(F)cc1F. The van der Waals surface area contributed by atoms with Crippen molar-refractivity contribution >= 4 is 10.0 Å². The van der Waals surface area contributed by atoms with Gasteiger partial charge in [-0.05, 0) is 33.2 Å². The number of hydrogen-bond acceptors (Lipinski definition) is 4. The third-order valence-corrected chi connectivity index (χ3v) is 3.92. The zero-order chi connectivity index (χ0) is 15.6.